The molecular formula is C13H20F3N3O2. The summed E-state index contributed by atoms with van der Waals surface area (Å²) in [5, 5.41) is 7.07. The van der Waals surface area contributed by atoms with Gasteiger partial charge in [0.25, 0.3) is 0 Å². The number of nitrogens with zero attached hydrogens (tertiary/aromatic N) is 2. The van der Waals surface area contributed by atoms with Gasteiger partial charge in [-0.3, -0.25) is 0 Å². The van der Waals surface area contributed by atoms with Gasteiger partial charge in [-0.15, -0.1) is 0 Å². The zero-order valence-electron chi connectivity index (χ0n) is 11.9. The lowest BCUT2D eigenvalue weighted by Crippen LogP contribution is -2.34. The first-order chi connectivity index (χ1) is 9.99. The van der Waals surface area contributed by atoms with E-state index >= 15 is 0 Å². The van der Waals surface area contributed by atoms with E-state index in [0.717, 1.165) is 19.3 Å². The van der Waals surface area contributed by atoms with Gasteiger partial charge in [-0.1, -0.05) is 18.0 Å². The van der Waals surface area contributed by atoms with Gasteiger partial charge in [0.15, 0.2) is 5.82 Å². The predicted octanol–water partition coefficient (Wildman–Crippen LogP) is 2.44. The smallest absolute Gasteiger partial charge is 0.372 e. The number of alkyl halides is 3. The fraction of sp³-hybridized carbons (Fsp3) is 0.846. The Balaban J connectivity index is 1.83. The number of aromatic nitrogens is 2. The molecule has 0 radical (unpaired) electrons. The molecule has 1 aromatic heterocycles. The first kappa shape index (κ1) is 16.2. The molecule has 1 heterocycles. The molecule has 1 aromatic rings. The molecule has 0 amide bonds. The largest absolute Gasteiger partial charge is 0.411 e. The van der Waals surface area contributed by atoms with Gasteiger partial charge in [0.2, 0.25) is 5.89 Å². The molecule has 0 bridgehead atoms. The van der Waals surface area contributed by atoms with Crippen LogP contribution in [0.15, 0.2) is 4.52 Å². The lowest BCUT2D eigenvalue weighted by atomic mass is 9.84. The Morgan fingerprint density at radius 3 is 2.81 bits per heavy atom. The quantitative estimate of drug-likeness (QED) is 0.818. The molecule has 8 heteroatoms. The summed E-state index contributed by atoms with van der Waals surface area (Å²) in [6.45, 7) is -1.32. The molecule has 1 saturated carbocycles. The van der Waals surface area contributed by atoms with Crippen molar-refractivity contribution in [1.82, 2.24) is 15.5 Å². The molecule has 120 valence electrons. The Morgan fingerprint density at radius 2 is 2.10 bits per heavy atom. The molecule has 1 fully saturated rings. The van der Waals surface area contributed by atoms with E-state index in [1.54, 1.807) is 0 Å². The van der Waals surface area contributed by atoms with E-state index in [1.165, 1.54) is 6.42 Å². The van der Waals surface area contributed by atoms with Crippen LogP contribution in [0.4, 0.5) is 13.2 Å². The van der Waals surface area contributed by atoms with E-state index in [1.807, 2.05) is 7.05 Å². The molecular weight excluding hydrogens is 287 g/mol. The lowest BCUT2D eigenvalue weighted by Gasteiger charge is -2.28. The van der Waals surface area contributed by atoms with Crippen molar-refractivity contribution in [3.63, 3.8) is 0 Å². The summed E-state index contributed by atoms with van der Waals surface area (Å²) in [5.41, 5.74) is 0. The fourth-order valence-corrected chi connectivity index (χ4v) is 2.64. The van der Waals surface area contributed by atoms with Gasteiger partial charge < -0.3 is 14.6 Å². The summed E-state index contributed by atoms with van der Waals surface area (Å²) >= 11 is 0. The van der Waals surface area contributed by atoms with E-state index in [-0.39, 0.29) is 18.9 Å². The second kappa shape index (κ2) is 7.22. The van der Waals surface area contributed by atoms with Crippen molar-refractivity contribution in [1.29, 1.82) is 0 Å². The fourth-order valence-electron chi connectivity index (χ4n) is 2.64. The summed E-state index contributed by atoms with van der Waals surface area (Å²) in [5.74, 6) is 1.15. The summed E-state index contributed by atoms with van der Waals surface area (Å²) in [7, 11) is 1.91. The average molecular weight is 307 g/mol. The minimum absolute atomic E-state index is 0.0708. The Morgan fingerprint density at radius 1 is 1.33 bits per heavy atom. The number of hydrogen-bond donors (Lipinski definition) is 1. The normalized spacial score (nSPS) is 23.4. The highest BCUT2D eigenvalue weighted by Crippen LogP contribution is 2.31. The van der Waals surface area contributed by atoms with E-state index in [0.29, 0.717) is 17.8 Å². The van der Waals surface area contributed by atoms with Crippen LogP contribution in [0.2, 0.25) is 0 Å². The molecule has 0 aliphatic heterocycles. The number of nitrogens with one attached hydrogen (secondary N) is 1. The van der Waals surface area contributed by atoms with Crippen LogP contribution >= 0.6 is 0 Å². The minimum atomic E-state index is -4.30. The van der Waals surface area contributed by atoms with Crippen LogP contribution < -0.4 is 5.32 Å². The highest BCUT2D eigenvalue weighted by atomic mass is 19.4. The average Bonchev–Trinajstić information content (AvgIpc) is 2.91. The molecule has 2 unspecified atom stereocenters. The maximum atomic E-state index is 11.9. The van der Waals surface area contributed by atoms with Crippen LogP contribution in [-0.2, 0) is 11.2 Å². The van der Waals surface area contributed by atoms with Crippen LogP contribution in [0, 0.1) is 0 Å². The molecule has 1 aliphatic carbocycles. The van der Waals surface area contributed by atoms with Gasteiger partial charge in [0, 0.05) is 12.5 Å². The Kier molecular flexibility index (Phi) is 5.58. The van der Waals surface area contributed by atoms with Crippen molar-refractivity contribution in [3.05, 3.63) is 11.7 Å². The van der Waals surface area contributed by atoms with E-state index in [9.17, 15) is 13.2 Å². The van der Waals surface area contributed by atoms with Crippen LogP contribution in [0.3, 0.4) is 0 Å². The highest BCUT2D eigenvalue weighted by molar-refractivity contribution is 5.01. The highest BCUT2D eigenvalue weighted by Gasteiger charge is 2.30. The number of halogens is 3. The van der Waals surface area contributed by atoms with Crippen molar-refractivity contribution in [2.45, 2.75) is 50.2 Å². The third kappa shape index (κ3) is 4.96. The maximum absolute atomic E-state index is 11.9. The molecule has 0 aromatic carbocycles. The van der Waals surface area contributed by atoms with Gasteiger partial charge in [0.05, 0.1) is 12.5 Å². The first-order valence-electron chi connectivity index (χ1n) is 7.14. The van der Waals surface area contributed by atoms with Crippen LogP contribution in [0.25, 0.3) is 0 Å². The lowest BCUT2D eigenvalue weighted by molar-refractivity contribution is -0.173. The van der Waals surface area contributed by atoms with Gasteiger partial charge in [-0.05, 0) is 19.9 Å². The SMILES string of the molecule is CNC1CCCCC1c1nc(CCOCC(F)(F)F)no1. The third-order valence-corrected chi connectivity index (χ3v) is 3.67. The third-order valence-electron chi connectivity index (χ3n) is 3.67. The molecule has 0 spiro atoms. The molecule has 1 aliphatic rings. The number of likely N-dealkylation sites (N-methyl/N-ethyl adjacent to an activating group) is 1. The zero-order valence-corrected chi connectivity index (χ0v) is 11.9. The van der Waals surface area contributed by atoms with Crippen molar-refractivity contribution in [2.24, 2.45) is 0 Å². The molecule has 2 rings (SSSR count). The van der Waals surface area contributed by atoms with Crippen LogP contribution in [0.1, 0.15) is 43.3 Å². The van der Waals surface area contributed by atoms with Crippen molar-refractivity contribution in [2.75, 3.05) is 20.3 Å². The van der Waals surface area contributed by atoms with Gasteiger partial charge in [0.1, 0.15) is 6.61 Å². The van der Waals surface area contributed by atoms with Crippen molar-refractivity contribution >= 4 is 0 Å². The summed E-state index contributed by atoms with van der Waals surface area (Å²) in [6.07, 6.45) is 0.260. The monoisotopic (exact) mass is 307 g/mol. The van der Waals surface area contributed by atoms with Crippen molar-refractivity contribution in [3.8, 4) is 0 Å². The van der Waals surface area contributed by atoms with Gasteiger partial charge >= 0.3 is 6.18 Å². The summed E-state index contributed by atoms with van der Waals surface area (Å²) in [4.78, 5) is 4.29. The number of hydrogen-bond acceptors (Lipinski definition) is 5. The summed E-state index contributed by atoms with van der Waals surface area (Å²) in [6, 6.07) is 0.313. The van der Waals surface area contributed by atoms with Gasteiger partial charge in [-0.2, -0.15) is 18.2 Å². The van der Waals surface area contributed by atoms with Crippen LogP contribution in [-0.4, -0.2) is 42.6 Å². The minimum Gasteiger partial charge on any atom is -0.372 e. The molecule has 21 heavy (non-hydrogen) atoms. The molecule has 2 atom stereocenters. The van der Waals surface area contributed by atoms with E-state index < -0.39 is 12.8 Å². The number of rotatable bonds is 6. The Hall–Kier alpha value is -1.15. The second-order valence-electron chi connectivity index (χ2n) is 5.25. The molecule has 0 saturated heterocycles. The maximum Gasteiger partial charge on any atom is 0.411 e. The molecule has 1 N–H and O–H groups in total. The summed E-state index contributed by atoms with van der Waals surface area (Å²) < 4.78 is 45.6. The zero-order chi connectivity index (χ0) is 15.3. The topological polar surface area (TPSA) is 60.2 Å². The molecule has 5 nitrogen and oxygen atoms in total. The Labute approximate surface area is 121 Å². The van der Waals surface area contributed by atoms with Gasteiger partial charge in [-0.25, -0.2) is 0 Å². The number of ether oxygens (including phenoxy) is 1. The predicted molar refractivity (Wildman–Crippen MR) is 68.9 cm³/mol. The van der Waals surface area contributed by atoms with E-state index in [2.05, 4.69) is 20.2 Å². The van der Waals surface area contributed by atoms with E-state index in [4.69, 9.17) is 4.52 Å². The second-order valence-corrected chi connectivity index (χ2v) is 5.25. The van der Waals surface area contributed by atoms with Crippen LogP contribution in [0.5, 0.6) is 0 Å². The Bertz CT molecular complexity index is 437. The standard InChI is InChI=1S/C13H20F3N3O2/c1-17-10-5-3-2-4-9(10)12-18-11(19-21-12)6-7-20-8-13(14,15)16/h9-10,17H,2-8H2,1H3. The first-order valence-corrected chi connectivity index (χ1v) is 7.14. The van der Waals surface area contributed by atoms with Crippen molar-refractivity contribution < 1.29 is 22.4 Å².